The third-order valence-corrected chi connectivity index (χ3v) is 6.80. The summed E-state index contributed by atoms with van der Waals surface area (Å²) in [5.74, 6) is -0.489. The van der Waals surface area contributed by atoms with Crippen LogP contribution >= 0.6 is 0 Å². The minimum Gasteiger partial charge on any atom is -0.341 e. The Morgan fingerprint density at radius 2 is 1.77 bits per heavy atom. The molecule has 2 saturated heterocycles. The molecule has 0 radical (unpaired) electrons. The first kappa shape index (κ1) is 18.9. The highest BCUT2D eigenvalue weighted by molar-refractivity contribution is 6.09. The fourth-order valence-electron chi connectivity index (χ4n) is 5.18. The third-order valence-electron chi connectivity index (χ3n) is 6.80. The third kappa shape index (κ3) is 2.91. The van der Waals surface area contributed by atoms with Gasteiger partial charge >= 0.3 is 11.7 Å². The van der Waals surface area contributed by atoms with Gasteiger partial charge in [0.1, 0.15) is 12.1 Å². The smallest absolute Gasteiger partial charge is 0.326 e. The monoisotopic (exact) mass is 411 g/mol. The first-order chi connectivity index (χ1) is 14.5. The number of carbonyl (C=O) groups excluding carboxylic acids is 3. The van der Waals surface area contributed by atoms with Gasteiger partial charge in [0.25, 0.3) is 5.91 Å². The predicted molar refractivity (Wildman–Crippen MR) is 109 cm³/mol. The van der Waals surface area contributed by atoms with E-state index in [9.17, 15) is 19.2 Å². The number of nitrogens with zero attached hydrogens (tertiary/aromatic N) is 3. The molecule has 4 amide bonds. The minimum atomic E-state index is -0.791. The maximum atomic E-state index is 12.8. The zero-order valence-corrected chi connectivity index (χ0v) is 16.7. The number of fused-ring (bicyclic) bond motifs is 1. The van der Waals surface area contributed by atoms with Crippen molar-refractivity contribution in [3.63, 3.8) is 0 Å². The molecule has 3 fully saturated rings. The fraction of sp³-hybridized carbons (Fsp3) is 0.524. The standard InChI is InChI=1S/C21H25N5O4/c27-17(13-25-18(28)21(23-20(25)30)9-3-4-10-21)24-11-7-14(8-12-24)26-16-6-2-1-5-15(16)22-19(26)29/h1-2,5-6,14H,3-4,7-13H2,(H,22,29)(H,23,30). The van der Waals surface area contributed by atoms with E-state index in [-0.39, 0.29) is 30.1 Å². The molecular formula is C21H25N5O4. The van der Waals surface area contributed by atoms with Crippen LogP contribution in [-0.2, 0) is 9.59 Å². The molecule has 30 heavy (non-hydrogen) atoms. The summed E-state index contributed by atoms with van der Waals surface area (Å²) >= 11 is 0. The van der Waals surface area contributed by atoms with Crippen molar-refractivity contribution in [1.82, 2.24) is 24.7 Å². The van der Waals surface area contributed by atoms with E-state index in [1.165, 1.54) is 0 Å². The molecule has 0 bridgehead atoms. The number of imide groups is 1. The number of likely N-dealkylation sites (tertiary alicyclic amines) is 1. The van der Waals surface area contributed by atoms with Gasteiger partial charge in [0.05, 0.1) is 11.0 Å². The molecule has 3 heterocycles. The van der Waals surface area contributed by atoms with Gasteiger partial charge in [-0.3, -0.25) is 19.1 Å². The molecule has 1 spiro atoms. The SMILES string of the molecule is O=C(CN1C(=O)NC2(CCCC2)C1=O)N1CCC(n2c(=O)[nH]c3ccccc32)CC1. The molecule has 2 aliphatic heterocycles. The Balaban J connectivity index is 1.24. The number of piperidine rings is 1. The number of aromatic amines is 1. The molecule has 9 heteroatoms. The Kier molecular flexibility index (Phi) is 4.41. The largest absolute Gasteiger partial charge is 0.341 e. The number of carbonyl (C=O) groups is 3. The van der Waals surface area contributed by atoms with Crippen LogP contribution in [0.5, 0.6) is 0 Å². The van der Waals surface area contributed by atoms with Crippen molar-refractivity contribution in [1.29, 1.82) is 0 Å². The van der Waals surface area contributed by atoms with Gasteiger partial charge in [-0.25, -0.2) is 9.59 Å². The molecule has 1 saturated carbocycles. The summed E-state index contributed by atoms with van der Waals surface area (Å²) in [7, 11) is 0. The molecule has 5 rings (SSSR count). The minimum absolute atomic E-state index is 0.0103. The number of urea groups is 1. The van der Waals surface area contributed by atoms with Gasteiger partial charge in [-0.2, -0.15) is 0 Å². The Morgan fingerprint density at radius 3 is 2.50 bits per heavy atom. The normalized spacial score (nSPS) is 21.7. The number of para-hydroxylation sites is 2. The molecule has 3 aliphatic rings. The van der Waals surface area contributed by atoms with Crippen LogP contribution in [0.1, 0.15) is 44.6 Å². The van der Waals surface area contributed by atoms with Crippen LogP contribution in [0.15, 0.2) is 29.1 Å². The van der Waals surface area contributed by atoms with Gasteiger partial charge in [-0.1, -0.05) is 25.0 Å². The molecule has 0 atom stereocenters. The number of benzene rings is 1. The topological polar surface area (TPSA) is 108 Å². The van der Waals surface area contributed by atoms with E-state index in [4.69, 9.17) is 0 Å². The maximum absolute atomic E-state index is 12.8. The molecule has 158 valence electrons. The summed E-state index contributed by atoms with van der Waals surface area (Å²) in [5.41, 5.74) is 0.747. The van der Waals surface area contributed by atoms with Crippen molar-refractivity contribution >= 4 is 28.9 Å². The van der Waals surface area contributed by atoms with Crippen molar-refractivity contribution in [2.45, 2.75) is 50.1 Å². The zero-order valence-electron chi connectivity index (χ0n) is 16.7. The zero-order chi connectivity index (χ0) is 20.9. The lowest BCUT2D eigenvalue weighted by atomic mass is 9.98. The number of hydrogen-bond donors (Lipinski definition) is 2. The fourth-order valence-corrected chi connectivity index (χ4v) is 5.18. The molecule has 2 aromatic rings. The second-order valence-corrected chi connectivity index (χ2v) is 8.54. The number of imidazole rings is 1. The molecule has 0 unspecified atom stereocenters. The molecule has 9 nitrogen and oxygen atoms in total. The van der Waals surface area contributed by atoms with Gasteiger partial charge in [-0.05, 0) is 37.8 Å². The average molecular weight is 411 g/mol. The van der Waals surface area contributed by atoms with Gasteiger partial charge in [0, 0.05) is 19.1 Å². The Hall–Kier alpha value is -3.10. The first-order valence-corrected chi connectivity index (χ1v) is 10.6. The highest BCUT2D eigenvalue weighted by Crippen LogP contribution is 2.35. The van der Waals surface area contributed by atoms with Crippen LogP contribution in [0.25, 0.3) is 11.0 Å². The maximum Gasteiger partial charge on any atom is 0.326 e. The number of H-pyrrole nitrogens is 1. The second kappa shape index (κ2) is 7.00. The summed E-state index contributed by atoms with van der Waals surface area (Å²) in [6.45, 7) is 0.762. The first-order valence-electron chi connectivity index (χ1n) is 10.6. The number of nitrogens with one attached hydrogen (secondary N) is 2. The highest BCUT2D eigenvalue weighted by Gasteiger charge is 2.52. The van der Waals surface area contributed by atoms with Crippen LogP contribution in [-0.4, -0.2) is 62.4 Å². The quantitative estimate of drug-likeness (QED) is 0.744. The number of hydrogen-bond acceptors (Lipinski definition) is 4. The van der Waals surface area contributed by atoms with Crippen molar-refractivity contribution < 1.29 is 14.4 Å². The van der Waals surface area contributed by atoms with Crippen LogP contribution in [0.2, 0.25) is 0 Å². The summed E-state index contributed by atoms with van der Waals surface area (Å²) in [4.78, 5) is 55.9. The van der Waals surface area contributed by atoms with Crippen molar-refractivity contribution in [3.8, 4) is 0 Å². The van der Waals surface area contributed by atoms with E-state index >= 15 is 0 Å². The lowest BCUT2D eigenvalue weighted by Crippen LogP contribution is -2.47. The molecule has 1 aromatic heterocycles. The average Bonchev–Trinajstić information content (AvgIpc) is 3.41. The number of rotatable bonds is 3. The van der Waals surface area contributed by atoms with E-state index in [0.717, 1.165) is 28.8 Å². The lowest BCUT2D eigenvalue weighted by molar-refractivity contribution is -0.139. The van der Waals surface area contributed by atoms with Crippen LogP contribution in [0.4, 0.5) is 4.79 Å². The van der Waals surface area contributed by atoms with Crippen LogP contribution in [0.3, 0.4) is 0 Å². The van der Waals surface area contributed by atoms with E-state index in [1.807, 2.05) is 24.3 Å². The van der Waals surface area contributed by atoms with Crippen molar-refractivity contribution in [2.24, 2.45) is 0 Å². The molecule has 1 aliphatic carbocycles. The van der Waals surface area contributed by atoms with Gasteiger partial charge < -0.3 is 15.2 Å². The second-order valence-electron chi connectivity index (χ2n) is 8.54. The summed E-state index contributed by atoms with van der Waals surface area (Å²) in [5, 5.41) is 2.81. The van der Waals surface area contributed by atoms with E-state index in [1.54, 1.807) is 9.47 Å². The highest BCUT2D eigenvalue weighted by atomic mass is 16.2. The van der Waals surface area contributed by atoms with Gasteiger partial charge in [0.2, 0.25) is 5.91 Å². The van der Waals surface area contributed by atoms with Crippen LogP contribution in [0, 0.1) is 0 Å². The van der Waals surface area contributed by atoms with Gasteiger partial charge in [0.15, 0.2) is 0 Å². The molecule has 2 N–H and O–H groups in total. The Morgan fingerprint density at radius 1 is 1.07 bits per heavy atom. The van der Waals surface area contributed by atoms with E-state index < -0.39 is 11.6 Å². The van der Waals surface area contributed by atoms with E-state index in [0.29, 0.717) is 38.8 Å². The van der Waals surface area contributed by atoms with Crippen molar-refractivity contribution in [3.05, 3.63) is 34.7 Å². The Labute approximate surface area is 173 Å². The predicted octanol–water partition coefficient (Wildman–Crippen LogP) is 1.36. The molecule has 1 aromatic carbocycles. The summed E-state index contributed by atoms with van der Waals surface area (Å²) in [6.07, 6.45) is 4.41. The lowest BCUT2D eigenvalue weighted by Gasteiger charge is -2.33. The van der Waals surface area contributed by atoms with E-state index in [2.05, 4.69) is 10.3 Å². The molecular weight excluding hydrogens is 386 g/mol. The summed E-state index contributed by atoms with van der Waals surface area (Å²) in [6, 6.07) is 7.13. The van der Waals surface area contributed by atoms with Gasteiger partial charge in [-0.15, -0.1) is 0 Å². The van der Waals surface area contributed by atoms with Crippen LogP contribution < -0.4 is 11.0 Å². The summed E-state index contributed by atoms with van der Waals surface area (Å²) < 4.78 is 1.78. The van der Waals surface area contributed by atoms with Crippen molar-refractivity contribution in [2.75, 3.05) is 19.6 Å². The Bertz CT molecular complexity index is 1070. The number of aromatic nitrogens is 2. The number of amides is 4.